The third-order valence-electron chi connectivity index (χ3n) is 3.77. The molecule has 1 aromatic carbocycles. The van der Waals surface area contributed by atoms with Gasteiger partial charge in [-0.3, -0.25) is 0 Å². The number of hydrogen-bond donors (Lipinski definition) is 0. The second-order valence-corrected chi connectivity index (χ2v) is 5.12. The second kappa shape index (κ2) is 6.01. The molecule has 1 aromatic rings. The van der Waals surface area contributed by atoms with Gasteiger partial charge in [-0.2, -0.15) is 5.26 Å². The van der Waals surface area contributed by atoms with Crippen molar-refractivity contribution in [2.75, 3.05) is 18.0 Å². The van der Waals surface area contributed by atoms with Crippen LogP contribution < -0.4 is 4.90 Å². The first kappa shape index (κ1) is 13.8. The molecule has 19 heavy (non-hydrogen) atoms. The van der Waals surface area contributed by atoms with Crippen molar-refractivity contribution in [3.63, 3.8) is 0 Å². The van der Waals surface area contributed by atoms with Crippen LogP contribution in [-0.2, 0) is 0 Å². The molecule has 0 saturated carbocycles. The molecule has 102 valence electrons. The van der Waals surface area contributed by atoms with Gasteiger partial charge in [-0.05, 0) is 30.9 Å². The topological polar surface area (TPSA) is 27.0 Å². The SMILES string of the molecule is CCCC1CCN(c2c(F)cc(C#N)cc2F)CC1. The maximum atomic E-state index is 13.9. The largest absolute Gasteiger partial charge is 0.367 e. The third kappa shape index (κ3) is 3.04. The Bertz CT molecular complexity index is 462. The van der Waals surface area contributed by atoms with Crippen LogP contribution in [0.25, 0.3) is 0 Å². The van der Waals surface area contributed by atoms with E-state index in [0.717, 1.165) is 31.4 Å². The van der Waals surface area contributed by atoms with Crippen molar-refractivity contribution in [1.29, 1.82) is 5.26 Å². The van der Waals surface area contributed by atoms with E-state index in [4.69, 9.17) is 5.26 Å². The molecule has 0 aliphatic carbocycles. The third-order valence-corrected chi connectivity index (χ3v) is 3.77. The zero-order chi connectivity index (χ0) is 13.8. The monoisotopic (exact) mass is 264 g/mol. The Morgan fingerprint density at radius 1 is 1.26 bits per heavy atom. The summed E-state index contributed by atoms with van der Waals surface area (Å²) in [6.45, 7) is 3.53. The summed E-state index contributed by atoms with van der Waals surface area (Å²) in [5.74, 6) is -0.596. The van der Waals surface area contributed by atoms with Gasteiger partial charge in [0, 0.05) is 13.1 Å². The lowest BCUT2D eigenvalue weighted by Gasteiger charge is -2.33. The van der Waals surface area contributed by atoms with E-state index in [2.05, 4.69) is 6.92 Å². The van der Waals surface area contributed by atoms with Crippen molar-refractivity contribution in [2.45, 2.75) is 32.6 Å². The fourth-order valence-electron chi connectivity index (χ4n) is 2.79. The van der Waals surface area contributed by atoms with Gasteiger partial charge >= 0.3 is 0 Å². The first-order valence-electron chi connectivity index (χ1n) is 6.79. The summed E-state index contributed by atoms with van der Waals surface area (Å²) in [5.41, 5.74) is 0.0496. The Balaban J connectivity index is 2.14. The maximum Gasteiger partial charge on any atom is 0.150 e. The molecule has 1 aliphatic rings. The van der Waals surface area contributed by atoms with Crippen molar-refractivity contribution in [2.24, 2.45) is 5.92 Å². The van der Waals surface area contributed by atoms with Crippen molar-refractivity contribution >= 4 is 5.69 Å². The number of piperidine rings is 1. The molecule has 0 aromatic heterocycles. The van der Waals surface area contributed by atoms with E-state index in [1.54, 1.807) is 11.0 Å². The lowest BCUT2D eigenvalue weighted by atomic mass is 9.92. The molecular formula is C15H18F2N2. The summed E-state index contributed by atoms with van der Waals surface area (Å²) < 4.78 is 27.8. The van der Waals surface area contributed by atoms with E-state index in [1.807, 2.05) is 0 Å². The van der Waals surface area contributed by atoms with E-state index in [-0.39, 0.29) is 11.3 Å². The van der Waals surface area contributed by atoms with Crippen molar-refractivity contribution < 1.29 is 8.78 Å². The van der Waals surface area contributed by atoms with Crippen molar-refractivity contribution in [3.05, 3.63) is 29.3 Å². The molecule has 0 amide bonds. The number of anilines is 1. The Morgan fingerprint density at radius 2 is 1.84 bits per heavy atom. The maximum absolute atomic E-state index is 13.9. The van der Waals surface area contributed by atoms with E-state index in [9.17, 15) is 8.78 Å². The fraction of sp³-hybridized carbons (Fsp3) is 0.533. The minimum absolute atomic E-state index is 0.0222. The minimum Gasteiger partial charge on any atom is -0.367 e. The standard InChI is InChI=1S/C15H18F2N2/c1-2-3-11-4-6-19(7-5-11)15-13(16)8-12(10-18)9-14(15)17/h8-9,11H,2-7H2,1H3. The Kier molecular flexibility index (Phi) is 4.36. The minimum atomic E-state index is -0.634. The lowest BCUT2D eigenvalue weighted by Crippen LogP contribution is -2.34. The molecule has 1 saturated heterocycles. The normalized spacial score (nSPS) is 16.4. The number of nitriles is 1. The van der Waals surface area contributed by atoms with E-state index < -0.39 is 11.6 Å². The number of halogens is 2. The molecule has 2 rings (SSSR count). The van der Waals surface area contributed by atoms with Gasteiger partial charge in [0.2, 0.25) is 0 Å². The highest BCUT2D eigenvalue weighted by molar-refractivity contribution is 5.52. The molecule has 4 heteroatoms. The first-order chi connectivity index (χ1) is 9.15. The second-order valence-electron chi connectivity index (χ2n) is 5.12. The molecule has 0 unspecified atom stereocenters. The molecule has 0 bridgehead atoms. The predicted molar refractivity (Wildman–Crippen MR) is 70.9 cm³/mol. The highest BCUT2D eigenvalue weighted by Crippen LogP contribution is 2.30. The zero-order valence-corrected chi connectivity index (χ0v) is 11.1. The van der Waals surface area contributed by atoms with Gasteiger partial charge in [-0.1, -0.05) is 19.8 Å². The molecule has 1 heterocycles. The van der Waals surface area contributed by atoms with Gasteiger partial charge in [-0.15, -0.1) is 0 Å². The molecule has 0 radical (unpaired) electrons. The number of rotatable bonds is 3. The summed E-state index contributed by atoms with van der Waals surface area (Å²) in [5, 5.41) is 8.68. The molecule has 1 aliphatic heterocycles. The number of hydrogen-bond acceptors (Lipinski definition) is 2. The number of nitrogens with zero attached hydrogens (tertiary/aromatic N) is 2. The predicted octanol–water partition coefficient (Wildman–Crippen LogP) is 3.85. The van der Waals surface area contributed by atoms with Crippen LogP contribution in [0.3, 0.4) is 0 Å². The van der Waals surface area contributed by atoms with Gasteiger partial charge in [0.1, 0.15) is 5.69 Å². The van der Waals surface area contributed by atoms with E-state index in [1.165, 1.54) is 6.42 Å². The van der Waals surface area contributed by atoms with Crippen LogP contribution in [0.4, 0.5) is 14.5 Å². The van der Waals surface area contributed by atoms with Gasteiger partial charge in [0.15, 0.2) is 11.6 Å². The Hall–Kier alpha value is -1.63. The van der Waals surface area contributed by atoms with Gasteiger partial charge in [0.25, 0.3) is 0 Å². The molecule has 1 fully saturated rings. The Labute approximate surface area is 112 Å². The highest BCUT2D eigenvalue weighted by atomic mass is 19.1. The lowest BCUT2D eigenvalue weighted by molar-refractivity contribution is 0.374. The summed E-state index contributed by atoms with van der Waals surface area (Å²) in [6.07, 6.45) is 4.30. The number of benzene rings is 1. The average molecular weight is 264 g/mol. The van der Waals surface area contributed by atoms with Crippen molar-refractivity contribution in [1.82, 2.24) is 0 Å². The van der Waals surface area contributed by atoms with E-state index >= 15 is 0 Å². The molecule has 0 spiro atoms. The van der Waals surface area contributed by atoms with Gasteiger partial charge in [0.05, 0.1) is 11.6 Å². The van der Waals surface area contributed by atoms with E-state index in [0.29, 0.717) is 19.0 Å². The fourth-order valence-corrected chi connectivity index (χ4v) is 2.79. The van der Waals surface area contributed by atoms with Crippen LogP contribution in [0, 0.1) is 28.9 Å². The van der Waals surface area contributed by atoms with Crippen LogP contribution in [0.15, 0.2) is 12.1 Å². The zero-order valence-electron chi connectivity index (χ0n) is 11.1. The van der Waals surface area contributed by atoms with Crippen LogP contribution in [-0.4, -0.2) is 13.1 Å². The highest BCUT2D eigenvalue weighted by Gasteiger charge is 2.23. The molecule has 2 nitrogen and oxygen atoms in total. The molecular weight excluding hydrogens is 246 g/mol. The van der Waals surface area contributed by atoms with Crippen molar-refractivity contribution in [3.8, 4) is 6.07 Å². The van der Waals surface area contributed by atoms with Crippen LogP contribution in [0.1, 0.15) is 38.2 Å². The van der Waals surface area contributed by atoms with Crippen LogP contribution in [0.5, 0.6) is 0 Å². The first-order valence-corrected chi connectivity index (χ1v) is 6.79. The smallest absolute Gasteiger partial charge is 0.150 e. The summed E-state index contributed by atoms with van der Waals surface area (Å²) >= 11 is 0. The van der Waals surface area contributed by atoms with Crippen LogP contribution in [0.2, 0.25) is 0 Å². The van der Waals surface area contributed by atoms with Gasteiger partial charge < -0.3 is 4.90 Å². The van der Waals surface area contributed by atoms with Crippen LogP contribution >= 0.6 is 0 Å². The Morgan fingerprint density at radius 3 is 2.32 bits per heavy atom. The average Bonchev–Trinajstić information content (AvgIpc) is 2.40. The summed E-state index contributed by atoms with van der Waals surface area (Å²) in [7, 11) is 0. The molecule has 0 atom stereocenters. The summed E-state index contributed by atoms with van der Waals surface area (Å²) in [4.78, 5) is 1.76. The summed E-state index contributed by atoms with van der Waals surface area (Å²) in [6, 6.07) is 3.98. The molecule has 0 N–H and O–H groups in total. The van der Waals surface area contributed by atoms with Gasteiger partial charge in [-0.25, -0.2) is 8.78 Å². The quantitative estimate of drug-likeness (QED) is 0.829.